The van der Waals surface area contributed by atoms with Gasteiger partial charge >= 0.3 is 0 Å². The number of anilines is 1. The van der Waals surface area contributed by atoms with Crippen molar-refractivity contribution < 1.29 is 23.1 Å². The molecule has 23 heavy (non-hydrogen) atoms. The number of primary sulfonamides is 1. The second-order valence-corrected chi connectivity index (χ2v) is 7.44. The third kappa shape index (κ3) is 2.87. The fourth-order valence-corrected chi connectivity index (χ4v) is 3.97. The number of sulfonamides is 1. The van der Waals surface area contributed by atoms with Gasteiger partial charge in [-0.15, -0.1) is 0 Å². The van der Waals surface area contributed by atoms with E-state index in [1.54, 1.807) is 0 Å². The number of carbonyl (C=O) groups is 2. The monoisotopic (exact) mass is 335 g/mol. The molecule has 0 saturated heterocycles. The second-order valence-electron chi connectivity index (χ2n) is 5.88. The third-order valence-electron chi connectivity index (χ3n) is 4.48. The van der Waals surface area contributed by atoms with Crippen molar-refractivity contribution in [1.82, 2.24) is 0 Å². The van der Waals surface area contributed by atoms with Gasteiger partial charge in [-0.1, -0.05) is 12.2 Å². The summed E-state index contributed by atoms with van der Waals surface area (Å²) < 4.78 is 22.4. The Labute approximate surface area is 133 Å². The highest BCUT2D eigenvalue weighted by molar-refractivity contribution is 7.89. The molecule has 1 aromatic rings. The zero-order valence-electron chi connectivity index (χ0n) is 12.0. The van der Waals surface area contributed by atoms with Crippen LogP contribution in [-0.2, 0) is 19.6 Å². The maximum absolute atomic E-state index is 12.4. The topological polar surface area (TPSA) is 129 Å². The van der Waals surface area contributed by atoms with E-state index in [9.17, 15) is 23.1 Å². The second kappa shape index (κ2) is 5.47. The molecular formula is C15H15N2O5S-. The van der Waals surface area contributed by atoms with Crippen molar-refractivity contribution in [2.75, 3.05) is 5.32 Å². The predicted molar refractivity (Wildman–Crippen MR) is 79.2 cm³/mol. The molecule has 1 fully saturated rings. The number of carboxylic acids is 1. The van der Waals surface area contributed by atoms with E-state index in [1.807, 2.05) is 12.2 Å². The van der Waals surface area contributed by atoms with Crippen molar-refractivity contribution in [1.29, 1.82) is 0 Å². The van der Waals surface area contributed by atoms with E-state index in [1.165, 1.54) is 24.3 Å². The first-order valence-electron chi connectivity index (χ1n) is 7.10. The number of aliphatic carboxylic acids is 1. The molecule has 2 aliphatic carbocycles. The van der Waals surface area contributed by atoms with E-state index >= 15 is 0 Å². The Kier molecular flexibility index (Phi) is 3.73. The van der Waals surface area contributed by atoms with Crippen molar-refractivity contribution in [2.24, 2.45) is 28.8 Å². The molecule has 0 radical (unpaired) electrons. The standard InChI is InChI=1S/C15H16N2O5S/c16-23(21,22)11-5-3-10(4-6-11)17-14(18)12-8-1-2-9(7-8)13(12)15(19)20/h1-6,8-9,12-13H,7H2,(H,17,18)(H,19,20)(H2,16,21,22)/p-1/t8-,9+,12+,13+/m1/s1. The molecule has 0 unspecified atom stereocenters. The van der Waals surface area contributed by atoms with Gasteiger partial charge in [-0.05, 0) is 42.5 Å². The zero-order valence-corrected chi connectivity index (χ0v) is 12.8. The first-order chi connectivity index (χ1) is 10.8. The lowest BCUT2D eigenvalue weighted by atomic mass is 9.82. The number of carbonyl (C=O) groups excluding carboxylic acids is 2. The number of benzene rings is 1. The minimum atomic E-state index is -3.80. The Morgan fingerprint density at radius 1 is 1.09 bits per heavy atom. The van der Waals surface area contributed by atoms with E-state index < -0.39 is 33.7 Å². The van der Waals surface area contributed by atoms with Gasteiger partial charge in [0.1, 0.15) is 0 Å². The van der Waals surface area contributed by atoms with Crippen LogP contribution in [0.1, 0.15) is 6.42 Å². The van der Waals surface area contributed by atoms with Gasteiger partial charge in [-0.2, -0.15) is 0 Å². The number of allylic oxidation sites excluding steroid dienone is 2. The van der Waals surface area contributed by atoms with Gasteiger partial charge < -0.3 is 15.2 Å². The minimum Gasteiger partial charge on any atom is -0.550 e. The van der Waals surface area contributed by atoms with E-state index in [0.717, 1.165) is 0 Å². The quantitative estimate of drug-likeness (QED) is 0.714. The van der Waals surface area contributed by atoms with Crippen LogP contribution in [0.5, 0.6) is 0 Å². The summed E-state index contributed by atoms with van der Waals surface area (Å²) in [5, 5.41) is 18.9. The Morgan fingerprint density at radius 3 is 2.17 bits per heavy atom. The highest BCUT2D eigenvalue weighted by Crippen LogP contribution is 2.48. The molecule has 1 amide bonds. The molecule has 0 spiro atoms. The van der Waals surface area contributed by atoms with Gasteiger partial charge in [0.2, 0.25) is 15.9 Å². The fraction of sp³-hybridized carbons (Fsp3) is 0.333. The van der Waals surface area contributed by atoms with Crippen LogP contribution in [0, 0.1) is 23.7 Å². The van der Waals surface area contributed by atoms with Crippen LogP contribution in [0.15, 0.2) is 41.3 Å². The lowest BCUT2D eigenvalue weighted by Crippen LogP contribution is -2.42. The first-order valence-corrected chi connectivity index (χ1v) is 8.65. The third-order valence-corrected chi connectivity index (χ3v) is 5.41. The summed E-state index contributed by atoms with van der Waals surface area (Å²) in [6.45, 7) is 0. The Balaban J connectivity index is 1.77. The van der Waals surface area contributed by atoms with Crippen molar-refractivity contribution in [3.05, 3.63) is 36.4 Å². The molecule has 3 rings (SSSR count). The average molecular weight is 335 g/mol. The van der Waals surface area contributed by atoms with Gasteiger partial charge in [-0.25, -0.2) is 13.6 Å². The van der Waals surface area contributed by atoms with Gasteiger partial charge in [0.15, 0.2) is 0 Å². The Bertz CT molecular complexity index is 785. The van der Waals surface area contributed by atoms with E-state index in [-0.39, 0.29) is 16.7 Å². The molecule has 3 N–H and O–H groups in total. The van der Waals surface area contributed by atoms with Gasteiger partial charge in [0.05, 0.1) is 10.8 Å². The van der Waals surface area contributed by atoms with Crippen LogP contribution >= 0.6 is 0 Å². The van der Waals surface area contributed by atoms with Gasteiger partial charge in [0, 0.05) is 17.6 Å². The van der Waals surface area contributed by atoms with Crippen LogP contribution in [-0.4, -0.2) is 20.3 Å². The molecule has 4 atom stereocenters. The van der Waals surface area contributed by atoms with Gasteiger partial charge in [0.25, 0.3) is 0 Å². The molecular weight excluding hydrogens is 320 g/mol. The van der Waals surface area contributed by atoms with E-state index in [0.29, 0.717) is 12.1 Å². The van der Waals surface area contributed by atoms with Crippen LogP contribution in [0.25, 0.3) is 0 Å². The maximum Gasteiger partial charge on any atom is 0.238 e. The summed E-state index contributed by atoms with van der Waals surface area (Å²) in [4.78, 5) is 23.7. The number of hydrogen-bond donors (Lipinski definition) is 2. The lowest BCUT2D eigenvalue weighted by Gasteiger charge is -2.27. The summed E-state index contributed by atoms with van der Waals surface area (Å²) in [5.74, 6) is -3.38. The molecule has 0 aromatic heterocycles. The highest BCUT2D eigenvalue weighted by atomic mass is 32.2. The van der Waals surface area contributed by atoms with E-state index in [4.69, 9.17) is 5.14 Å². The molecule has 1 aromatic carbocycles. The zero-order chi connectivity index (χ0) is 16.8. The summed E-state index contributed by atoms with van der Waals surface area (Å²) in [5.41, 5.74) is 0.381. The highest BCUT2D eigenvalue weighted by Gasteiger charge is 2.48. The number of fused-ring (bicyclic) bond motifs is 2. The van der Waals surface area contributed by atoms with Crippen molar-refractivity contribution >= 4 is 27.6 Å². The van der Waals surface area contributed by atoms with Crippen LogP contribution in [0.2, 0.25) is 0 Å². The number of rotatable bonds is 4. The van der Waals surface area contributed by atoms with Crippen molar-refractivity contribution in [2.45, 2.75) is 11.3 Å². The van der Waals surface area contributed by atoms with Crippen molar-refractivity contribution in [3.63, 3.8) is 0 Å². The summed E-state index contributed by atoms with van der Waals surface area (Å²) in [6.07, 6.45) is 4.34. The smallest absolute Gasteiger partial charge is 0.238 e. The largest absolute Gasteiger partial charge is 0.550 e. The molecule has 122 valence electrons. The summed E-state index contributed by atoms with van der Waals surface area (Å²) >= 11 is 0. The lowest BCUT2D eigenvalue weighted by molar-refractivity contribution is -0.313. The van der Waals surface area contributed by atoms with Crippen LogP contribution < -0.4 is 15.6 Å². The van der Waals surface area contributed by atoms with Crippen LogP contribution in [0.4, 0.5) is 5.69 Å². The minimum absolute atomic E-state index is 0.0639. The van der Waals surface area contributed by atoms with Gasteiger partial charge in [-0.3, -0.25) is 4.79 Å². The predicted octanol–water partition coefficient (Wildman–Crippen LogP) is -0.539. The molecule has 2 aliphatic rings. The molecule has 0 heterocycles. The van der Waals surface area contributed by atoms with Crippen molar-refractivity contribution in [3.8, 4) is 0 Å². The molecule has 0 aliphatic heterocycles. The Morgan fingerprint density at radius 2 is 1.65 bits per heavy atom. The molecule has 1 saturated carbocycles. The molecule has 7 nitrogen and oxygen atoms in total. The number of amides is 1. The fourth-order valence-electron chi connectivity index (χ4n) is 3.45. The maximum atomic E-state index is 12.4. The SMILES string of the molecule is NS(=O)(=O)c1ccc(NC(=O)[C@@H]2[C@@H](C(=O)[O-])[C@H]3C=C[C@@H]2C3)cc1. The summed E-state index contributed by atoms with van der Waals surface area (Å²) in [6, 6.07) is 5.38. The Hall–Kier alpha value is -2.19. The number of nitrogens with two attached hydrogens (primary N) is 1. The van der Waals surface area contributed by atoms with E-state index in [2.05, 4.69) is 5.32 Å². The average Bonchev–Trinajstić information content (AvgIpc) is 3.07. The van der Waals surface area contributed by atoms with Crippen LogP contribution in [0.3, 0.4) is 0 Å². The first kappa shape index (κ1) is 15.7. The number of carboxylic acid groups (broad SMARTS) is 1. The summed E-state index contributed by atoms with van der Waals surface area (Å²) in [7, 11) is -3.80. The molecule has 8 heteroatoms. The number of nitrogens with one attached hydrogen (secondary N) is 1. The number of hydrogen-bond acceptors (Lipinski definition) is 5. The normalized spacial score (nSPS) is 28.7. The molecule has 2 bridgehead atoms.